The third-order valence-electron chi connectivity index (χ3n) is 6.51. The maximum absolute atomic E-state index is 12.7. The SMILES string of the molecule is CCC1(CC)CCN(C(=O)CC2(NC)CCCCC2)CC1. The van der Waals surface area contributed by atoms with Crippen molar-refractivity contribution >= 4 is 5.91 Å². The highest BCUT2D eigenvalue weighted by molar-refractivity contribution is 5.77. The van der Waals surface area contributed by atoms with Crippen LogP contribution in [0.5, 0.6) is 0 Å². The molecule has 0 bridgehead atoms. The van der Waals surface area contributed by atoms with Crippen LogP contribution in [0.15, 0.2) is 0 Å². The first-order chi connectivity index (χ1) is 10.1. The average molecular weight is 294 g/mol. The molecule has 21 heavy (non-hydrogen) atoms. The molecule has 0 aromatic rings. The van der Waals surface area contributed by atoms with Crippen molar-refractivity contribution in [1.82, 2.24) is 10.2 Å². The molecule has 3 heteroatoms. The predicted octanol–water partition coefficient (Wildman–Crippen LogP) is 3.73. The molecule has 0 radical (unpaired) electrons. The van der Waals surface area contributed by atoms with Gasteiger partial charge in [-0.3, -0.25) is 4.79 Å². The van der Waals surface area contributed by atoms with Crippen LogP contribution >= 0.6 is 0 Å². The van der Waals surface area contributed by atoms with Gasteiger partial charge in [-0.25, -0.2) is 0 Å². The maximum Gasteiger partial charge on any atom is 0.224 e. The lowest BCUT2D eigenvalue weighted by Crippen LogP contribution is -2.51. The van der Waals surface area contributed by atoms with Crippen LogP contribution in [-0.4, -0.2) is 36.5 Å². The summed E-state index contributed by atoms with van der Waals surface area (Å²) in [5.41, 5.74) is 0.585. The summed E-state index contributed by atoms with van der Waals surface area (Å²) in [4.78, 5) is 14.8. The number of likely N-dealkylation sites (tertiary alicyclic amines) is 1. The minimum atomic E-state index is 0.0827. The minimum Gasteiger partial charge on any atom is -0.343 e. The van der Waals surface area contributed by atoms with E-state index in [0.717, 1.165) is 25.9 Å². The highest BCUT2D eigenvalue weighted by atomic mass is 16.2. The van der Waals surface area contributed by atoms with Crippen LogP contribution in [-0.2, 0) is 4.79 Å². The Hall–Kier alpha value is -0.570. The molecular formula is C18H34N2O. The van der Waals surface area contributed by atoms with Crippen LogP contribution in [0.1, 0.15) is 78.1 Å². The van der Waals surface area contributed by atoms with Crippen molar-refractivity contribution < 1.29 is 4.79 Å². The zero-order valence-electron chi connectivity index (χ0n) is 14.3. The summed E-state index contributed by atoms with van der Waals surface area (Å²) in [6.45, 7) is 6.55. The van der Waals surface area contributed by atoms with Gasteiger partial charge in [-0.2, -0.15) is 0 Å². The number of rotatable bonds is 5. The molecule has 0 unspecified atom stereocenters. The lowest BCUT2D eigenvalue weighted by Gasteiger charge is -2.43. The average Bonchev–Trinajstić information content (AvgIpc) is 2.55. The van der Waals surface area contributed by atoms with Crippen molar-refractivity contribution in [3.05, 3.63) is 0 Å². The lowest BCUT2D eigenvalue weighted by atomic mass is 9.74. The van der Waals surface area contributed by atoms with E-state index in [9.17, 15) is 4.79 Å². The minimum absolute atomic E-state index is 0.0827. The normalized spacial score (nSPS) is 24.8. The highest BCUT2D eigenvalue weighted by Crippen LogP contribution is 2.38. The molecule has 1 saturated heterocycles. The van der Waals surface area contributed by atoms with Crippen LogP contribution in [0, 0.1) is 5.41 Å². The number of hydrogen-bond donors (Lipinski definition) is 1. The molecule has 1 N–H and O–H groups in total. The van der Waals surface area contributed by atoms with Crippen molar-refractivity contribution in [3.8, 4) is 0 Å². The van der Waals surface area contributed by atoms with Gasteiger partial charge in [0.1, 0.15) is 0 Å². The Kier molecular flexibility index (Phi) is 5.70. The molecule has 2 aliphatic rings. The summed E-state index contributed by atoms with van der Waals surface area (Å²) >= 11 is 0. The molecule has 2 fully saturated rings. The second-order valence-corrected chi connectivity index (χ2v) is 7.36. The smallest absolute Gasteiger partial charge is 0.224 e. The summed E-state index contributed by atoms with van der Waals surface area (Å²) in [7, 11) is 2.04. The summed E-state index contributed by atoms with van der Waals surface area (Å²) in [6.07, 6.45) is 11.8. The Bertz CT molecular complexity index is 333. The van der Waals surface area contributed by atoms with Crippen LogP contribution in [0.2, 0.25) is 0 Å². The van der Waals surface area contributed by atoms with Crippen LogP contribution < -0.4 is 5.32 Å². The molecule has 0 spiro atoms. The van der Waals surface area contributed by atoms with Gasteiger partial charge >= 0.3 is 0 Å². The van der Waals surface area contributed by atoms with E-state index in [1.54, 1.807) is 0 Å². The number of nitrogens with zero attached hydrogens (tertiary/aromatic N) is 1. The second-order valence-electron chi connectivity index (χ2n) is 7.36. The van der Waals surface area contributed by atoms with E-state index in [0.29, 0.717) is 17.7 Å². The van der Waals surface area contributed by atoms with Gasteiger partial charge in [0, 0.05) is 25.0 Å². The summed E-state index contributed by atoms with van der Waals surface area (Å²) in [5.74, 6) is 0.382. The molecule has 1 saturated carbocycles. The fourth-order valence-corrected chi connectivity index (χ4v) is 4.33. The Labute approximate surface area is 130 Å². The van der Waals surface area contributed by atoms with Crippen molar-refractivity contribution in [3.63, 3.8) is 0 Å². The highest BCUT2D eigenvalue weighted by Gasteiger charge is 2.37. The molecule has 3 nitrogen and oxygen atoms in total. The Morgan fingerprint density at radius 2 is 1.57 bits per heavy atom. The molecule has 0 aromatic carbocycles. The zero-order chi connectivity index (χ0) is 15.3. The maximum atomic E-state index is 12.7. The standard InChI is InChI=1S/C18H34N2O/c1-4-17(5-2)11-13-20(14-12-17)16(21)15-18(19-3)9-7-6-8-10-18/h19H,4-15H2,1-3H3. The van der Waals surface area contributed by atoms with Gasteiger partial charge in [0.15, 0.2) is 0 Å². The van der Waals surface area contributed by atoms with Gasteiger partial charge in [0.25, 0.3) is 0 Å². The molecule has 1 heterocycles. The molecule has 122 valence electrons. The number of hydrogen-bond acceptors (Lipinski definition) is 2. The molecular weight excluding hydrogens is 260 g/mol. The molecule has 2 rings (SSSR count). The third kappa shape index (κ3) is 3.80. The summed E-state index contributed by atoms with van der Waals surface area (Å²) in [6, 6.07) is 0. The lowest BCUT2D eigenvalue weighted by molar-refractivity contribution is -0.135. The van der Waals surface area contributed by atoms with E-state index in [1.807, 2.05) is 7.05 Å². The predicted molar refractivity (Wildman–Crippen MR) is 88.3 cm³/mol. The molecule has 1 aliphatic carbocycles. The second kappa shape index (κ2) is 7.13. The zero-order valence-corrected chi connectivity index (χ0v) is 14.3. The van der Waals surface area contributed by atoms with E-state index in [1.165, 1.54) is 44.9 Å². The van der Waals surface area contributed by atoms with Crippen LogP contribution in [0.25, 0.3) is 0 Å². The quantitative estimate of drug-likeness (QED) is 0.838. The molecule has 0 atom stereocenters. The van der Waals surface area contributed by atoms with E-state index in [4.69, 9.17) is 0 Å². The van der Waals surface area contributed by atoms with E-state index >= 15 is 0 Å². The first-order valence-electron chi connectivity index (χ1n) is 9.05. The van der Waals surface area contributed by atoms with Gasteiger partial charge in [0.05, 0.1) is 0 Å². The van der Waals surface area contributed by atoms with Crippen molar-refractivity contribution in [1.29, 1.82) is 0 Å². The first-order valence-corrected chi connectivity index (χ1v) is 9.05. The van der Waals surface area contributed by atoms with Gasteiger partial charge in [-0.15, -0.1) is 0 Å². The van der Waals surface area contributed by atoms with Crippen molar-refractivity contribution in [2.24, 2.45) is 5.41 Å². The van der Waals surface area contributed by atoms with Gasteiger partial charge < -0.3 is 10.2 Å². The third-order valence-corrected chi connectivity index (χ3v) is 6.51. The number of piperidine rings is 1. The van der Waals surface area contributed by atoms with Gasteiger partial charge in [0.2, 0.25) is 5.91 Å². The Morgan fingerprint density at radius 3 is 2.05 bits per heavy atom. The van der Waals surface area contributed by atoms with Crippen molar-refractivity contribution in [2.75, 3.05) is 20.1 Å². The van der Waals surface area contributed by atoms with Crippen molar-refractivity contribution in [2.45, 2.75) is 83.6 Å². The number of carbonyl (C=O) groups is 1. The number of amides is 1. The summed E-state index contributed by atoms with van der Waals surface area (Å²) in [5, 5.41) is 3.48. The fraction of sp³-hybridized carbons (Fsp3) is 0.944. The Balaban J connectivity index is 1.89. The first kappa shape index (κ1) is 16.8. The van der Waals surface area contributed by atoms with Gasteiger partial charge in [-0.1, -0.05) is 46.0 Å². The van der Waals surface area contributed by atoms with Crippen LogP contribution in [0.4, 0.5) is 0 Å². The Morgan fingerprint density at radius 1 is 1.00 bits per heavy atom. The van der Waals surface area contributed by atoms with E-state index < -0.39 is 0 Å². The molecule has 1 amide bonds. The van der Waals surface area contributed by atoms with E-state index in [2.05, 4.69) is 24.1 Å². The number of carbonyl (C=O) groups excluding carboxylic acids is 1. The largest absolute Gasteiger partial charge is 0.343 e. The molecule has 0 aromatic heterocycles. The van der Waals surface area contributed by atoms with E-state index in [-0.39, 0.29) is 5.54 Å². The van der Waals surface area contributed by atoms with Crippen LogP contribution in [0.3, 0.4) is 0 Å². The fourth-order valence-electron chi connectivity index (χ4n) is 4.33. The topological polar surface area (TPSA) is 32.3 Å². The monoisotopic (exact) mass is 294 g/mol. The summed E-state index contributed by atoms with van der Waals surface area (Å²) < 4.78 is 0. The van der Waals surface area contributed by atoms with Gasteiger partial charge in [-0.05, 0) is 38.1 Å². The molecule has 1 aliphatic heterocycles. The number of nitrogens with one attached hydrogen (secondary N) is 1.